The molecule has 0 bridgehead atoms. The zero-order valence-corrected chi connectivity index (χ0v) is 7.22. The highest BCUT2D eigenvalue weighted by Crippen LogP contribution is 2.17. The van der Waals surface area contributed by atoms with Crippen LogP contribution in [0.2, 0.25) is 0 Å². The fraction of sp³-hybridized carbons (Fsp3) is 0.100. The van der Waals surface area contributed by atoms with Gasteiger partial charge in [-0.2, -0.15) is 0 Å². The lowest BCUT2D eigenvalue weighted by Gasteiger charge is -2.16. The number of pyridine rings is 1. The van der Waals surface area contributed by atoms with Crippen LogP contribution < -0.4 is 5.84 Å². The molecule has 0 fully saturated rings. The van der Waals surface area contributed by atoms with Gasteiger partial charge in [-0.15, -0.1) is 0 Å². The van der Waals surface area contributed by atoms with Crippen molar-refractivity contribution in [2.24, 2.45) is 5.84 Å². The normalized spacial score (nSPS) is 15.8. The van der Waals surface area contributed by atoms with Crippen LogP contribution in [0.5, 0.6) is 0 Å². The van der Waals surface area contributed by atoms with E-state index >= 15 is 0 Å². The summed E-state index contributed by atoms with van der Waals surface area (Å²) in [7, 11) is 0. The molecule has 0 atom stereocenters. The molecule has 66 valence electrons. The van der Waals surface area contributed by atoms with E-state index in [9.17, 15) is 0 Å². The summed E-state index contributed by atoms with van der Waals surface area (Å²) in [4.78, 5) is 3.97. The monoisotopic (exact) mass is 173 g/mol. The Morgan fingerprint density at radius 3 is 2.69 bits per heavy atom. The molecule has 1 aliphatic heterocycles. The first-order chi connectivity index (χ1) is 6.36. The zero-order valence-electron chi connectivity index (χ0n) is 7.22. The number of hydrogen-bond acceptors (Lipinski definition) is 3. The number of aromatic nitrogens is 1. The molecule has 0 saturated carbocycles. The fourth-order valence-corrected chi connectivity index (χ4v) is 1.27. The van der Waals surface area contributed by atoms with Crippen molar-refractivity contribution >= 4 is 5.57 Å². The number of rotatable bonds is 1. The Balaban J connectivity index is 2.25. The van der Waals surface area contributed by atoms with E-state index < -0.39 is 0 Å². The Morgan fingerprint density at radius 1 is 1.31 bits per heavy atom. The van der Waals surface area contributed by atoms with Gasteiger partial charge in [0, 0.05) is 18.6 Å². The van der Waals surface area contributed by atoms with Crippen molar-refractivity contribution in [3.8, 4) is 0 Å². The highest BCUT2D eigenvalue weighted by atomic mass is 15.4. The molecule has 0 aromatic carbocycles. The van der Waals surface area contributed by atoms with Gasteiger partial charge in [-0.25, -0.2) is 5.84 Å². The fourth-order valence-electron chi connectivity index (χ4n) is 1.27. The largest absolute Gasteiger partial charge is 0.314 e. The van der Waals surface area contributed by atoms with Crippen molar-refractivity contribution in [3.63, 3.8) is 0 Å². The summed E-state index contributed by atoms with van der Waals surface area (Å²) in [6.07, 6.45) is 9.54. The van der Waals surface area contributed by atoms with Crippen LogP contribution in [0, 0.1) is 0 Å². The van der Waals surface area contributed by atoms with Crippen LogP contribution in [0.15, 0.2) is 42.9 Å². The highest BCUT2D eigenvalue weighted by Gasteiger charge is 2.02. The first kappa shape index (κ1) is 8.01. The predicted octanol–water partition coefficient (Wildman–Crippen LogP) is 1.17. The minimum absolute atomic E-state index is 0.758. The second-order valence-electron chi connectivity index (χ2n) is 2.91. The average molecular weight is 173 g/mol. The molecule has 0 amide bonds. The molecule has 13 heavy (non-hydrogen) atoms. The van der Waals surface area contributed by atoms with Gasteiger partial charge in [0.05, 0.1) is 6.54 Å². The van der Waals surface area contributed by atoms with E-state index in [4.69, 9.17) is 5.84 Å². The molecule has 0 saturated heterocycles. The molecular weight excluding hydrogens is 162 g/mol. The second kappa shape index (κ2) is 3.41. The van der Waals surface area contributed by atoms with Crippen LogP contribution in [0.3, 0.4) is 0 Å². The number of hydrazine groups is 1. The first-order valence-electron chi connectivity index (χ1n) is 4.16. The van der Waals surface area contributed by atoms with E-state index in [1.165, 1.54) is 11.1 Å². The Labute approximate surface area is 77.2 Å². The lowest BCUT2D eigenvalue weighted by molar-refractivity contribution is 0.435. The first-order valence-corrected chi connectivity index (χ1v) is 4.16. The topological polar surface area (TPSA) is 42.1 Å². The zero-order chi connectivity index (χ0) is 9.10. The molecule has 0 radical (unpaired) electrons. The van der Waals surface area contributed by atoms with Crippen molar-refractivity contribution in [2.75, 3.05) is 6.54 Å². The molecule has 0 aliphatic carbocycles. The van der Waals surface area contributed by atoms with Crippen molar-refractivity contribution in [3.05, 3.63) is 48.4 Å². The molecule has 0 unspecified atom stereocenters. The summed E-state index contributed by atoms with van der Waals surface area (Å²) < 4.78 is 0. The SMILES string of the molecule is NN1C=CC(c2ccncc2)=CC1. The quantitative estimate of drug-likeness (QED) is 0.648. The van der Waals surface area contributed by atoms with Gasteiger partial charge in [-0.05, 0) is 29.3 Å². The van der Waals surface area contributed by atoms with E-state index in [0.29, 0.717) is 0 Å². The molecular formula is C10H11N3. The molecule has 2 N–H and O–H groups in total. The summed E-state index contributed by atoms with van der Waals surface area (Å²) in [5.41, 5.74) is 2.38. The minimum Gasteiger partial charge on any atom is -0.314 e. The molecule has 2 heterocycles. The molecule has 0 spiro atoms. The van der Waals surface area contributed by atoms with Crippen molar-refractivity contribution in [1.82, 2.24) is 9.99 Å². The van der Waals surface area contributed by atoms with Gasteiger partial charge in [0.1, 0.15) is 0 Å². The maximum Gasteiger partial charge on any atom is 0.0525 e. The van der Waals surface area contributed by atoms with Gasteiger partial charge in [-0.1, -0.05) is 6.08 Å². The molecule has 1 aliphatic rings. The Kier molecular flexibility index (Phi) is 2.10. The molecule has 3 heteroatoms. The van der Waals surface area contributed by atoms with E-state index in [-0.39, 0.29) is 0 Å². The highest BCUT2D eigenvalue weighted by molar-refractivity contribution is 5.74. The number of nitrogens with zero attached hydrogens (tertiary/aromatic N) is 2. The predicted molar refractivity (Wildman–Crippen MR) is 52.2 cm³/mol. The van der Waals surface area contributed by atoms with Gasteiger partial charge in [0.25, 0.3) is 0 Å². The summed E-state index contributed by atoms with van der Waals surface area (Å²) in [6, 6.07) is 3.98. The average Bonchev–Trinajstić information content (AvgIpc) is 2.20. The lowest BCUT2D eigenvalue weighted by atomic mass is 10.1. The minimum atomic E-state index is 0.758. The van der Waals surface area contributed by atoms with Crippen LogP contribution in [0.4, 0.5) is 0 Å². The lowest BCUT2D eigenvalue weighted by Crippen LogP contribution is -2.26. The van der Waals surface area contributed by atoms with Crippen LogP contribution in [0.1, 0.15) is 5.56 Å². The summed E-state index contributed by atoms with van der Waals surface area (Å²) >= 11 is 0. The number of hydrogen-bond donors (Lipinski definition) is 1. The molecule has 1 aromatic rings. The van der Waals surface area contributed by atoms with E-state index in [0.717, 1.165) is 6.54 Å². The van der Waals surface area contributed by atoms with Gasteiger partial charge >= 0.3 is 0 Å². The van der Waals surface area contributed by atoms with Crippen LogP contribution >= 0.6 is 0 Å². The molecule has 2 rings (SSSR count). The van der Waals surface area contributed by atoms with Gasteiger partial charge in [-0.3, -0.25) is 4.98 Å². The van der Waals surface area contributed by atoms with Crippen molar-refractivity contribution in [1.29, 1.82) is 0 Å². The van der Waals surface area contributed by atoms with E-state index in [2.05, 4.69) is 11.1 Å². The van der Waals surface area contributed by atoms with Gasteiger partial charge < -0.3 is 5.01 Å². The van der Waals surface area contributed by atoms with Crippen LogP contribution in [-0.2, 0) is 0 Å². The third kappa shape index (κ3) is 1.76. The Morgan fingerprint density at radius 2 is 2.08 bits per heavy atom. The van der Waals surface area contributed by atoms with Crippen molar-refractivity contribution in [2.45, 2.75) is 0 Å². The van der Waals surface area contributed by atoms with Gasteiger partial charge in [0.2, 0.25) is 0 Å². The molecule has 3 nitrogen and oxygen atoms in total. The van der Waals surface area contributed by atoms with Crippen LogP contribution in [0.25, 0.3) is 5.57 Å². The number of nitrogens with two attached hydrogens (primary N) is 1. The second-order valence-corrected chi connectivity index (χ2v) is 2.91. The molecule has 1 aromatic heterocycles. The maximum atomic E-state index is 5.56. The van der Waals surface area contributed by atoms with E-state index in [1.54, 1.807) is 17.4 Å². The van der Waals surface area contributed by atoms with Crippen molar-refractivity contribution < 1.29 is 0 Å². The summed E-state index contributed by atoms with van der Waals surface area (Å²) in [5.74, 6) is 5.56. The summed E-state index contributed by atoms with van der Waals surface area (Å²) in [5, 5.41) is 1.64. The standard InChI is InChI=1S/C10H11N3/c11-13-7-3-10(4-8-13)9-1-5-12-6-2-9/h1-7H,8,11H2. The third-order valence-electron chi connectivity index (χ3n) is 1.98. The van der Waals surface area contributed by atoms with Gasteiger partial charge in [0.15, 0.2) is 0 Å². The smallest absolute Gasteiger partial charge is 0.0525 e. The van der Waals surface area contributed by atoms with E-state index in [1.807, 2.05) is 24.4 Å². The number of allylic oxidation sites excluding steroid dienone is 2. The third-order valence-corrected chi connectivity index (χ3v) is 1.98. The Bertz CT molecular complexity index is 340. The summed E-state index contributed by atoms with van der Waals surface area (Å²) in [6.45, 7) is 0.758. The maximum absolute atomic E-state index is 5.56. The Hall–Kier alpha value is -1.61. The van der Waals surface area contributed by atoms with Crippen LogP contribution in [-0.4, -0.2) is 16.5 Å².